The molecule has 3 aromatic rings. The molecule has 128 valence electrons. The van der Waals surface area contributed by atoms with Gasteiger partial charge >= 0.3 is 5.97 Å². The van der Waals surface area contributed by atoms with Crippen molar-refractivity contribution in [3.05, 3.63) is 53.6 Å². The van der Waals surface area contributed by atoms with Gasteiger partial charge in [0.1, 0.15) is 5.75 Å². The van der Waals surface area contributed by atoms with E-state index in [0.717, 1.165) is 26.6 Å². The zero-order valence-electron chi connectivity index (χ0n) is 13.8. The predicted octanol–water partition coefficient (Wildman–Crippen LogP) is 3.90. The molecule has 7 heteroatoms. The van der Waals surface area contributed by atoms with Crippen molar-refractivity contribution in [3.8, 4) is 5.75 Å². The van der Waals surface area contributed by atoms with Crippen LogP contribution in [0, 0.1) is 6.92 Å². The average molecular weight is 355 g/mol. The predicted molar refractivity (Wildman–Crippen MR) is 99.8 cm³/mol. The highest BCUT2D eigenvalue weighted by atomic mass is 32.1. The third-order valence-electron chi connectivity index (χ3n) is 3.50. The lowest BCUT2D eigenvalue weighted by Gasteiger charge is -2.05. The molecule has 2 aromatic carbocycles. The normalized spacial score (nSPS) is 11.5. The van der Waals surface area contributed by atoms with Gasteiger partial charge in [-0.2, -0.15) is 5.10 Å². The maximum Gasteiger partial charge on any atom is 0.341 e. The van der Waals surface area contributed by atoms with E-state index in [2.05, 4.69) is 28.5 Å². The molecule has 1 aromatic heterocycles. The summed E-state index contributed by atoms with van der Waals surface area (Å²) in [6.07, 6.45) is 0. The van der Waals surface area contributed by atoms with Crippen molar-refractivity contribution in [1.82, 2.24) is 4.98 Å². The van der Waals surface area contributed by atoms with Crippen LogP contribution in [0.3, 0.4) is 0 Å². The Bertz CT molecular complexity index is 932. The van der Waals surface area contributed by atoms with E-state index in [1.165, 1.54) is 5.56 Å². The number of aliphatic carboxylic acids is 1. The quantitative estimate of drug-likeness (QED) is 0.517. The summed E-state index contributed by atoms with van der Waals surface area (Å²) in [5.41, 5.74) is 6.85. The Morgan fingerprint density at radius 2 is 2.04 bits per heavy atom. The van der Waals surface area contributed by atoms with Gasteiger partial charge in [-0.1, -0.05) is 17.4 Å². The number of benzene rings is 2. The maximum atomic E-state index is 10.5. The molecule has 0 aliphatic carbocycles. The summed E-state index contributed by atoms with van der Waals surface area (Å²) < 4.78 is 6.23. The van der Waals surface area contributed by atoms with Gasteiger partial charge < -0.3 is 9.84 Å². The van der Waals surface area contributed by atoms with Gasteiger partial charge in [0, 0.05) is 0 Å². The number of thiazole rings is 1. The molecule has 25 heavy (non-hydrogen) atoms. The molecule has 0 spiro atoms. The molecule has 0 amide bonds. The van der Waals surface area contributed by atoms with E-state index in [1.54, 1.807) is 23.5 Å². The van der Waals surface area contributed by atoms with Crippen molar-refractivity contribution in [3.63, 3.8) is 0 Å². The zero-order chi connectivity index (χ0) is 17.8. The van der Waals surface area contributed by atoms with E-state index in [0.29, 0.717) is 5.75 Å². The molecule has 0 saturated carbocycles. The number of carbonyl (C=O) groups is 1. The number of hydrogen-bond donors (Lipinski definition) is 2. The fourth-order valence-electron chi connectivity index (χ4n) is 2.21. The van der Waals surface area contributed by atoms with Crippen molar-refractivity contribution >= 4 is 38.4 Å². The van der Waals surface area contributed by atoms with E-state index < -0.39 is 5.97 Å². The number of nitrogens with zero attached hydrogens (tertiary/aromatic N) is 2. The molecule has 0 unspecified atom stereocenters. The van der Waals surface area contributed by atoms with Crippen LogP contribution in [-0.2, 0) is 4.79 Å². The monoisotopic (exact) mass is 355 g/mol. The summed E-state index contributed by atoms with van der Waals surface area (Å²) >= 11 is 1.56. The minimum Gasteiger partial charge on any atom is -0.482 e. The number of aromatic nitrogens is 1. The molecule has 0 bridgehead atoms. The lowest BCUT2D eigenvalue weighted by atomic mass is 10.1. The Morgan fingerprint density at radius 3 is 2.76 bits per heavy atom. The Hall–Kier alpha value is -2.93. The van der Waals surface area contributed by atoms with Crippen LogP contribution in [-0.4, -0.2) is 28.4 Å². The van der Waals surface area contributed by atoms with Crippen LogP contribution in [0.2, 0.25) is 0 Å². The third-order valence-corrected chi connectivity index (χ3v) is 4.42. The largest absolute Gasteiger partial charge is 0.482 e. The van der Waals surface area contributed by atoms with Gasteiger partial charge in [-0.3, -0.25) is 5.43 Å². The Labute approximate surface area is 148 Å². The zero-order valence-corrected chi connectivity index (χ0v) is 14.6. The second kappa shape index (κ2) is 7.31. The molecule has 1 heterocycles. The number of fused-ring (bicyclic) bond motifs is 1. The Kier molecular flexibility index (Phi) is 4.95. The first-order valence-electron chi connectivity index (χ1n) is 7.64. The number of hydrogen-bond acceptors (Lipinski definition) is 6. The van der Waals surface area contributed by atoms with Crippen LogP contribution < -0.4 is 10.2 Å². The van der Waals surface area contributed by atoms with Gasteiger partial charge in [0.2, 0.25) is 5.13 Å². The summed E-state index contributed by atoms with van der Waals surface area (Å²) in [5.74, 6) is -0.495. The molecule has 3 rings (SSSR count). The molecule has 0 fully saturated rings. The molecule has 0 saturated heterocycles. The van der Waals surface area contributed by atoms with Crippen molar-refractivity contribution in [2.45, 2.75) is 13.8 Å². The minimum absolute atomic E-state index is 0.356. The number of ether oxygens (including phenoxy) is 1. The molecule has 0 atom stereocenters. The number of aryl methyl sites for hydroxylation is 1. The summed E-state index contributed by atoms with van der Waals surface area (Å²) in [7, 11) is 0. The van der Waals surface area contributed by atoms with E-state index in [4.69, 9.17) is 9.84 Å². The van der Waals surface area contributed by atoms with Crippen LogP contribution >= 0.6 is 11.3 Å². The molecule has 6 nitrogen and oxygen atoms in total. The van der Waals surface area contributed by atoms with E-state index in [9.17, 15) is 4.79 Å². The third kappa shape index (κ3) is 4.33. The molecule has 2 N–H and O–H groups in total. The van der Waals surface area contributed by atoms with Crippen molar-refractivity contribution in [2.75, 3.05) is 12.0 Å². The standard InChI is InChI=1S/C18H17N3O3S/c1-11-3-8-15-16(9-11)25-18(19-15)21-20-12(2)13-4-6-14(7-5-13)24-10-17(22)23/h3-9H,10H2,1-2H3,(H,19,21)(H,22,23)/b20-12+. The van der Waals surface area contributed by atoms with E-state index in [-0.39, 0.29) is 6.61 Å². The van der Waals surface area contributed by atoms with Gasteiger partial charge in [-0.05, 0) is 61.4 Å². The highest BCUT2D eigenvalue weighted by Gasteiger charge is 2.04. The molecule has 0 radical (unpaired) electrons. The van der Waals surface area contributed by atoms with Gasteiger partial charge in [0.25, 0.3) is 0 Å². The van der Waals surface area contributed by atoms with Gasteiger partial charge in [0.15, 0.2) is 6.61 Å². The van der Waals surface area contributed by atoms with Gasteiger partial charge in [-0.15, -0.1) is 0 Å². The van der Waals surface area contributed by atoms with E-state index >= 15 is 0 Å². The SMILES string of the molecule is C/C(=N\Nc1nc2ccc(C)cc2s1)c1ccc(OCC(=O)O)cc1. The number of hydrazone groups is 1. The minimum atomic E-state index is -1.00. The topological polar surface area (TPSA) is 83.8 Å². The lowest BCUT2D eigenvalue weighted by Crippen LogP contribution is -2.09. The Morgan fingerprint density at radius 1 is 1.28 bits per heavy atom. The maximum absolute atomic E-state index is 10.5. The number of nitrogens with one attached hydrogen (secondary N) is 1. The van der Waals surface area contributed by atoms with Crippen LogP contribution in [0.1, 0.15) is 18.1 Å². The van der Waals surface area contributed by atoms with Crippen LogP contribution in [0.5, 0.6) is 5.75 Å². The average Bonchev–Trinajstić information content (AvgIpc) is 3.00. The van der Waals surface area contributed by atoms with Crippen molar-refractivity contribution in [2.24, 2.45) is 5.10 Å². The summed E-state index contributed by atoms with van der Waals surface area (Å²) in [6.45, 7) is 3.58. The first kappa shape index (κ1) is 16.9. The molecular weight excluding hydrogens is 338 g/mol. The van der Waals surface area contributed by atoms with Crippen LogP contribution in [0.4, 0.5) is 5.13 Å². The molecular formula is C18H17N3O3S. The highest BCUT2D eigenvalue weighted by Crippen LogP contribution is 2.26. The van der Waals surface area contributed by atoms with Crippen LogP contribution in [0.15, 0.2) is 47.6 Å². The lowest BCUT2D eigenvalue weighted by molar-refractivity contribution is -0.139. The summed E-state index contributed by atoms with van der Waals surface area (Å²) in [4.78, 5) is 15.0. The fraction of sp³-hybridized carbons (Fsp3) is 0.167. The number of rotatable bonds is 6. The van der Waals surface area contributed by atoms with Gasteiger partial charge in [-0.25, -0.2) is 9.78 Å². The summed E-state index contributed by atoms with van der Waals surface area (Å²) in [5, 5.41) is 13.7. The van der Waals surface area contributed by atoms with E-state index in [1.807, 2.05) is 31.2 Å². The smallest absolute Gasteiger partial charge is 0.341 e. The second-order valence-electron chi connectivity index (χ2n) is 5.51. The highest BCUT2D eigenvalue weighted by molar-refractivity contribution is 7.22. The Balaban J connectivity index is 1.68. The molecule has 0 aliphatic rings. The van der Waals surface area contributed by atoms with Crippen molar-refractivity contribution < 1.29 is 14.6 Å². The van der Waals surface area contributed by atoms with Gasteiger partial charge in [0.05, 0.1) is 15.9 Å². The number of anilines is 1. The fourth-order valence-corrected chi connectivity index (χ4v) is 3.12. The summed E-state index contributed by atoms with van der Waals surface area (Å²) in [6, 6.07) is 13.2. The first-order chi connectivity index (χ1) is 12.0. The first-order valence-corrected chi connectivity index (χ1v) is 8.45. The second-order valence-corrected chi connectivity index (χ2v) is 6.54. The van der Waals surface area contributed by atoms with Crippen LogP contribution in [0.25, 0.3) is 10.2 Å². The molecule has 0 aliphatic heterocycles. The van der Waals surface area contributed by atoms with Crippen molar-refractivity contribution in [1.29, 1.82) is 0 Å². The number of carboxylic acids is 1. The number of carboxylic acid groups (broad SMARTS) is 1.